The van der Waals surface area contributed by atoms with Crippen LogP contribution in [0.3, 0.4) is 0 Å². The summed E-state index contributed by atoms with van der Waals surface area (Å²) in [6.07, 6.45) is 4.59. The Labute approximate surface area is 343 Å². The Kier molecular flexibility index (Phi) is 11.5. The number of carbonyl (C=O) groups is 4. The number of nitrogens with one attached hydrogen (secondary N) is 3. The van der Waals surface area contributed by atoms with Gasteiger partial charge in [-0.3, -0.25) is 19.2 Å². The van der Waals surface area contributed by atoms with Crippen LogP contribution in [0.1, 0.15) is 60.4 Å². The molecular weight excluding hydrogens is 777 g/mol. The maximum atomic E-state index is 14.8. The second-order valence-electron chi connectivity index (χ2n) is 17.1. The predicted molar refractivity (Wildman–Crippen MR) is 219 cm³/mol. The van der Waals surface area contributed by atoms with Crippen molar-refractivity contribution in [3.8, 4) is 22.3 Å². The molecule has 4 amide bonds. The maximum absolute atomic E-state index is 14.8. The zero-order valence-corrected chi connectivity index (χ0v) is 34.9. The van der Waals surface area contributed by atoms with E-state index in [1.165, 1.54) is 32.7 Å². The first-order valence-corrected chi connectivity index (χ1v) is 20.7. The van der Waals surface area contributed by atoms with Gasteiger partial charge in [-0.2, -0.15) is 13.5 Å². The number of carbonyl (C=O) groups excluding carboxylic acids is 4. The number of hydrogen-bond donors (Lipinski definition) is 3. The SMILES string of the molecule is C=C[C@@H]1C[C@]1(NC(=O)[C@@H]1C[C@@H](n2ncc(-c3ccccc3)c(-c3ccccc3)c2=O)CN1C(=O)[C@@H](NC(=O)OC(C)(C)C)C(C)(C)C)C(=O)NS(=O)(=O)c1cn(C)cn1. The van der Waals surface area contributed by atoms with Crippen LogP contribution in [0.5, 0.6) is 0 Å². The first kappa shape index (κ1) is 42.5. The Morgan fingerprint density at radius 1 is 0.983 bits per heavy atom. The lowest BCUT2D eigenvalue weighted by Crippen LogP contribution is -2.60. The molecule has 2 aromatic heterocycles. The number of amides is 4. The van der Waals surface area contributed by atoms with Gasteiger partial charge in [-0.1, -0.05) is 87.5 Å². The molecular formula is C42H50N8O8S. The molecule has 5 atom stereocenters. The first-order valence-electron chi connectivity index (χ1n) is 19.2. The molecule has 3 N–H and O–H groups in total. The van der Waals surface area contributed by atoms with Crippen LogP contribution in [0.15, 0.2) is 102 Å². The first-order chi connectivity index (χ1) is 27.6. The third kappa shape index (κ3) is 8.99. The molecule has 0 unspecified atom stereocenters. The van der Waals surface area contributed by atoms with Crippen LogP contribution in [-0.4, -0.2) is 86.2 Å². The molecule has 1 aliphatic carbocycles. The van der Waals surface area contributed by atoms with Gasteiger partial charge in [0.25, 0.3) is 21.5 Å². The predicted octanol–water partition coefficient (Wildman–Crippen LogP) is 3.96. The number of ether oxygens (including phenoxy) is 1. The van der Waals surface area contributed by atoms with Crippen molar-refractivity contribution in [1.29, 1.82) is 0 Å². The highest BCUT2D eigenvalue weighted by molar-refractivity contribution is 7.90. The number of rotatable bonds is 11. The number of alkyl carbamates (subject to hydrolysis) is 1. The molecule has 17 heteroatoms. The number of sulfonamides is 1. The number of hydrogen-bond acceptors (Lipinski definition) is 10. The van der Waals surface area contributed by atoms with E-state index in [9.17, 15) is 32.4 Å². The van der Waals surface area contributed by atoms with E-state index in [4.69, 9.17) is 4.74 Å². The van der Waals surface area contributed by atoms with E-state index in [1.807, 2.05) is 65.4 Å². The van der Waals surface area contributed by atoms with Crippen LogP contribution in [0.4, 0.5) is 4.79 Å². The molecule has 0 bridgehead atoms. The van der Waals surface area contributed by atoms with Gasteiger partial charge in [-0.15, -0.1) is 6.58 Å². The van der Waals surface area contributed by atoms with Gasteiger partial charge in [0.15, 0.2) is 5.03 Å². The van der Waals surface area contributed by atoms with Gasteiger partial charge in [0, 0.05) is 37.7 Å². The van der Waals surface area contributed by atoms with Crippen molar-refractivity contribution < 1.29 is 32.3 Å². The molecule has 312 valence electrons. The number of aromatic nitrogens is 4. The van der Waals surface area contributed by atoms with Crippen molar-refractivity contribution in [3.63, 3.8) is 0 Å². The van der Waals surface area contributed by atoms with E-state index in [-0.39, 0.29) is 19.4 Å². The third-order valence-corrected chi connectivity index (χ3v) is 11.6. The highest BCUT2D eigenvalue weighted by Gasteiger charge is 2.61. The smallest absolute Gasteiger partial charge is 0.408 e. The molecule has 3 heterocycles. The molecule has 2 aromatic carbocycles. The second kappa shape index (κ2) is 15.9. The highest BCUT2D eigenvalue weighted by atomic mass is 32.2. The fraction of sp³-hybridized carbons (Fsp3) is 0.405. The van der Waals surface area contributed by atoms with Gasteiger partial charge in [0.1, 0.15) is 23.2 Å². The highest BCUT2D eigenvalue weighted by Crippen LogP contribution is 2.45. The lowest BCUT2D eigenvalue weighted by atomic mass is 9.85. The van der Waals surface area contributed by atoms with Crippen molar-refractivity contribution in [2.24, 2.45) is 18.4 Å². The summed E-state index contributed by atoms with van der Waals surface area (Å²) in [4.78, 5) is 76.0. The standard InChI is InChI=1S/C42H50N8O8S/c1-9-28-21-42(28,38(54)47-59(56,57)32-24-48(8)25-43-32)46-35(51)31-20-29(23-49(31)37(53)34(40(2,3)4)45-39(55)58-41(5,6)7)50-36(52)33(27-18-14-11-15-19-27)30(22-44-50)26-16-12-10-13-17-26/h9-19,22,24-25,28-29,31,34H,1,20-21,23H2,2-8H3,(H,45,55)(H,46,51)(H,47,54)/t28-,29-,31+,34-,42-/m1/s1. The number of imidazole rings is 1. The molecule has 1 saturated heterocycles. The Morgan fingerprint density at radius 2 is 1.61 bits per heavy atom. The molecule has 4 aromatic rings. The van der Waals surface area contributed by atoms with Crippen molar-refractivity contribution >= 4 is 33.8 Å². The summed E-state index contributed by atoms with van der Waals surface area (Å²) in [5.74, 6) is -3.07. The largest absolute Gasteiger partial charge is 0.444 e. The van der Waals surface area contributed by atoms with Gasteiger partial charge < -0.3 is 24.8 Å². The van der Waals surface area contributed by atoms with Gasteiger partial charge in [-0.05, 0) is 43.7 Å². The topological polar surface area (TPSA) is 204 Å². The monoisotopic (exact) mass is 826 g/mol. The number of likely N-dealkylation sites (tertiary alicyclic amines) is 1. The van der Waals surface area contributed by atoms with E-state index in [0.717, 1.165) is 5.56 Å². The molecule has 1 aliphatic heterocycles. The normalized spacial score (nSPS) is 20.9. The van der Waals surface area contributed by atoms with E-state index >= 15 is 0 Å². The summed E-state index contributed by atoms with van der Waals surface area (Å²) in [6, 6.07) is 15.1. The summed E-state index contributed by atoms with van der Waals surface area (Å²) in [7, 11) is -2.85. The average molecular weight is 827 g/mol. The van der Waals surface area contributed by atoms with Gasteiger partial charge >= 0.3 is 6.09 Å². The van der Waals surface area contributed by atoms with Crippen molar-refractivity contribution in [3.05, 3.63) is 102 Å². The fourth-order valence-electron chi connectivity index (χ4n) is 7.30. The van der Waals surface area contributed by atoms with Gasteiger partial charge in [0.2, 0.25) is 11.8 Å². The fourth-order valence-corrected chi connectivity index (χ4v) is 8.32. The number of nitrogens with zero attached hydrogens (tertiary/aromatic N) is 5. The number of aryl methyl sites for hydroxylation is 1. The number of benzene rings is 2. The zero-order chi connectivity index (χ0) is 43.1. The summed E-state index contributed by atoms with van der Waals surface area (Å²) in [6.45, 7) is 13.9. The minimum atomic E-state index is -4.43. The van der Waals surface area contributed by atoms with E-state index in [0.29, 0.717) is 16.7 Å². The second-order valence-corrected chi connectivity index (χ2v) is 18.7. The van der Waals surface area contributed by atoms with Crippen LogP contribution in [0.25, 0.3) is 22.3 Å². The molecule has 0 spiro atoms. The summed E-state index contributed by atoms with van der Waals surface area (Å²) >= 11 is 0. The summed E-state index contributed by atoms with van der Waals surface area (Å²) in [5, 5.41) is 9.65. The van der Waals surface area contributed by atoms with Crippen molar-refractivity contribution in [1.82, 2.24) is 39.6 Å². The molecule has 16 nitrogen and oxygen atoms in total. The van der Waals surface area contributed by atoms with Crippen LogP contribution < -0.4 is 20.9 Å². The van der Waals surface area contributed by atoms with E-state index in [1.54, 1.807) is 54.8 Å². The Hall–Kier alpha value is -6.10. The Morgan fingerprint density at radius 3 is 2.15 bits per heavy atom. The van der Waals surface area contributed by atoms with Gasteiger partial charge in [-0.25, -0.2) is 19.2 Å². The molecule has 0 radical (unpaired) electrons. The molecule has 2 aliphatic rings. The lowest BCUT2D eigenvalue weighted by molar-refractivity contribution is -0.143. The Bertz CT molecular complexity index is 2440. The van der Waals surface area contributed by atoms with Crippen molar-refractivity contribution in [2.75, 3.05) is 6.54 Å². The summed E-state index contributed by atoms with van der Waals surface area (Å²) < 4.78 is 36.5. The minimum Gasteiger partial charge on any atom is -0.444 e. The lowest BCUT2D eigenvalue weighted by Gasteiger charge is -2.36. The van der Waals surface area contributed by atoms with Crippen LogP contribution >= 0.6 is 0 Å². The van der Waals surface area contributed by atoms with Crippen LogP contribution in [-0.2, 0) is 36.2 Å². The van der Waals surface area contributed by atoms with Gasteiger partial charge in [0.05, 0.1) is 24.1 Å². The average Bonchev–Trinajstić information content (AvgIpc) is 3.43. The molecule has 59 heavy (non-hydrogen) atoms. The van der Waals surface area contributed by atoms with Crippen molar-refractivity contribution in [2.45, 2.75) is 88.7 Å². The molecule has 6 rings (SSSR count). The molecule has 1 saturated carbocycles. The van der Waals surface area contributed by atoms with E-state index in [2.05, 4.69) is 27.3 Å². The Balaban J connectivity index is 1.39. The maximum Gasteiger partial charge on any atom is 0.408 e. The quantitative estimate of drug-likeness (QED) is 0.186. The minimum absolute atomic E-state index is 0.0309. The van der Waals surface area contributed by atoms with Crippen LogP contribution in [0.2, 0.25) is 0 Å². The van der Waals surface area contributed by atoms with E-state index < -0.39 is 85.0 Å². The third-order valence-electron chi connectivity index (χ3n) is 10.4. The summed E-state index contributed by atoms with van der Waals surface area (Å²) in [5.41, 5.74) is -1.60. The molecule has 2 fully saturated rings. The van der Waals surface area contributed by atoms with Crippen LogP contribution in [0, 0.1) is 11.3 Å². The zero-order valence-electron chi connectivity index (χ0n) is 34.1.